The fourth-order valence-electron chi connectivity index (χ4n) is 15.5. The second kappa shape index (κ2) is 34.8. The highest BCUT2D eigenvalue weighted by atomic mass is 35.5. The number of ketones is 2. The summed E-state index contributed by atoms with van der Waals surface area (Å²) >= 11 is 13.5. The van der Waals surface area contributed by atoms with E-state index in [2.05, 4.69) is 26.3 Å². The number of hydrogen-bond acceptors (Lipinski definition) is 12. The molecule has 0 unspecified atom stereocenters. The molecule has 0 aliphatic rings. The van der Waals surface area contributed by atoms with Gasteiger partial charge in [0.05, 0.1) is 74.0 Å². The van der Waals surface area contributed by atoms with Gasteiger partial charge in [0.15, 0.2) is 11.6 Å². The van der Waals surface area contributed by atoms with Crippen LogP contribution in [0.1, 0.15) is 65.2 Å². The van der Waals surface area contributed by atoms with Gasteiger partial charge in [0.1, 0.15) is 51.5 Å². The van der Waals surface area contributed by atoms with Gasteiger partial charge in [0.25, 0.3) is 5.91 Å². The summed E-state index contributed by atoms with van der Waals surface area (Å²) in [4.78, 5) is 49.9. The minimum absolute atomic E-state index is 0. The van der Waals surface area contributed by atoms with Gasteiger partial charge < -0.3 is 33.5 Å². The summed E-state index contributed by atoms with van der Waals surface area (Å²) < 4.78 is 140. The predicted molar refractivity (Wildman–Crippen MR) is 502 cm³/mol. The number of halogens is 5. The molecule has 6 aromatic heterocycles. The Morgan fingerprint density at radius 2 is 0.683 bits per heavy atom. The summed E-state index contributed by atoms with van der Waals surface area (Å²) in [6, 6.07) is 75.8. The van der Waals surface area contributed by atoms with Gasteiger partial charge in [-0.25, -0.2) is 38.4 Å². The van der Waals surface area contributed by atoms with E-state index in [1.807, 2.05) is 146 Å². The third-order valence-corrected chi connectivity index (χ3v) is 26.5. The van der Waals surface area contributed by atoms with Gasteiger partial charge in [-0.3, -0.25) is 27.3 Å². The molecule has 6 heterocycles. The maximum absolute atomic E-state index is 13.7. The van der Waals surface area contributed by atoms with Crippen molar-refractivity contribution in [1.82, 2.24) is 20.3 Å². The van der Waals surface area contributed by atoms with E-state index in [0.717, 1.165) is 90.8 Å². The lowest BCUT2D eigenvalue weighted by Crippen LogP contribution is -2.25. The predicted octanol–water partition coefficient (Wildman–Crippen LogP) is 24.8. The number of H-pyrrole nitrogens is 3. The van der Waals surface area contributed by atoms with Crippen LogP contribution in [0.15, 0.2) is 274 Å². The first-order valence-electron chi connectivity index (χ1n) is 39.4. The lowest BCUT2D eigenvalue weighted by atomic mass is 9.95. The number of Topliss-reactive ketones (excluding diaryl/α,β-unsaturated/α-hetero) is 2. The second-order valence-electron chi connectivity index (χ2n) is 30.1. The highest BCUT2D eigenvalue weighted by molar-refractivity contribution is 7.92. The Kier molecular flexibility index (Phi) is 24.1. The van der Waals surface area contributed by atoms with E-state index in [0.29, 0.717) is 127 Å². The molecule has 27 heteroatoms. The Morgan fingerprint density at radius 1 is 0.365 bits per heavy atom. The van der Waals surface area contributed by atoms with Crippen LogP contribution in [-0.2, 0) is 30.1 Å². The number of amides is 1. The molecule has 0 spiro atoms. The van der Waals surface area contributed by atoms with E-state index in [4.69, 9.17) is 36.5 Å². The van der Waals surface area contributed by atoms with Crippen LogP contribution in [0.3, 0.4) is 0 Å². The molecule has 0 saturated carbocycles. The molecule has 0 aliphatic carbocycles. The molecular weight excluding hydrogens is 1700 g/mol. The highest BCUT2D eigenvalue weighted by Crippen LogP contribution is 2.48. The Labute approximate surface area is 734 Å². The van der Waals surface area contributed by atoms with Gasteiger partial charge in [-0.2, -0.15) is 0 Å². The summed E-state index contributed by atoms with van der Waals surface area (Å²) in [6.45, 7) is 3.52. The monoisotopic (exact) mass is 1780 g/mol. The smallest absolute Gasteiger partial charge is 0.255 e. The number of carbonyl (C=O) groups excluding carboxylic acids is 3. The Bertz CT molecular complexity index is 7390. The molecule has 0 aliphatic heterocycles. The molecule has 18 rings (SSSR count). The van der Waals surface area contributed by atoms with E-state index in [-0.39, 0.29) is 49.1 Å². The van der Waals surface area contributed by atoms with Crippen LogP contribution >= 0.6 is 23.2 Å². The van der Waals surface area contributed by atoms with E-state index in [1.165, 1.54) is 89.6 Å². The van der Waals surface area contributed by atoms with Gasteiger partial charge in [0.2, 0.25) is 30.1 Å². The fraction of sp³-hybridized carbons (Fsp3) is 0.121. The first-order valence-corrected chi connectivity index (χ1v) is 45.7. The first kappa shape index (κ1) is 87.2. The zero-order valence-corrected chi connectivity index (χ0v) is 72.6. The van der Waals surface area contributed by atoms with Gasteiger partial charge in [0, 0.05) is 158 Å². The number of sulfonamides is 3. The number of hydrogen-bond donors (Lipinski definition) is 4. The molecule has 0 bridgehead atoms. The van der Waals surface area contributed by atoms with Gasteiger partial charge in [-0.1, -0.05) is 154 Å². The zero-order valence-electron chi connectivity index (χ0n) is 68.6. The summed E-state index contributed by atoms with van der Waals surface area (Å²) in [6.07, 6.45) is 3.82. The van der Waals surface area contributed by atoms with Crippen molar-refractivity contribution in [2.45, 2.75) is 34.1 Å². The highest BCUT2D eigenvalue weighted by Gasteiger charge is 2.31. The minimum atomic E-state index is -3.67. The quantitative estimate of drug-likeness (QED) is 0.0519. The number of furan rings is 3. The number of rotatable bonds is 20. The van der Waals surface area contributed by atoms with Crippen molar-refractivity contribution in [3.63, 3.8) is 0 Å². The summed E-state index contributed by atoms with van der Waals surface area (Å²) in [7, 11) is -5.04. The minimum Gasteiger partial charge on any atom is -0.455 e. The van der Waals surface area contributed by atoms with Crippen molar-refractivity contribution >= 4 is 153 Å². The van der Waals surface area contributed by atoms with Gasteiger partial charge in [-0.05, 0) is 156 Å². The number of fused-ring (bicyclic) bond motifs is 6. The number of nitrogens with zero attached hydrogens (tertiary/aromatic N) is 3. The van der Waals surface area contributed by atoms with E-state index < -0.39 is 47.5 Å². The maximum atomic E-state index is 13.7. The summed E-state index contributed by atoms with van der Waals surface area (Å²) in [5.74, 6) is -1.05. The van der Waals surface area contributed by atoms with Crippen LogP contribution in [-0.4, -0.2) is 105 Å². The molecule has 1 amide bonds. The standard InChI is InChI=1S/2C33H26ClFN2O4S.C32H26FN3O4S.CH4/c2*1-4-28(38)30-25-17-24(20-8-7-9-21(16-20)32-31(34)23-10-5-6-11-26(23)36-32)27(37(2)42(3,39)40)18-29(25)41-33(30)19-12-14-22(35)15-13-19;1-34-32(37)30-25-17-24(20-8-6-9-21(15-20)27-16-22-7-4-5-10-26(22)35-27)28(36(2)41(3,38)39)18-29(25)40-31(30)19-11-13-23(33)14-12-19;/h2*5-18,36H,4H2,1-3H3;4-18,35H,1-3H3,(H,34,37);1H4. The van der Waals surface area contributed by atoms with Gasteiger partial charge >= 0.3 is 0 Å². The van der Waals surface area contributed by atoms with Crippen molar-refractivity contribution in [1.29, 1.82) is 0 Å². The number of aromatic nitrogens is 3. The number of para-hydroxylation sites is 3. The molecular formula is C99H82Cl2F3N7O12S3. The Hall–Kier alpha value is -13.7. The normalized spacial score (nSPS) is 11.7. The van der Waals surface area contributed by atoms with Crippen molar-refractivity contribution < 1.29 is 66.1 Å². The molecule has 0 saturated heterocycles. The topological polar surface area (TPSA) is 262 Å². The van der Waals surface area contributed by atoms with Crippen molar-refractivity contribution in [3.05, 3.63) is 305 Å². The number of carbonyl (C=O) groups is 3. The van der Waals surface area contributed by atoms with Crippen molar-refractivity contribution in [2.24, 2.45) is 0 Å². The first-order chi connectivity index (χ1) is 59.8. The van der Waals surface area contributed by atoms with Crippen LogP contribution < -0.4 is 18.2 Å². The van der Waals surface area contributed by atoms with Crippen molar-refractivity contribution in [3.8, 4) is 101 Å². The van der Waals surface area contributed by atoms with Crippen LogP contribution in [0.25, 0.3) is 167 Å². The number of anilines is 3. The molecule has 638 valence electrons. The number of nitrogens with one attached hydrogen (secondary N) is 4. The van der Waals surface area contributed by atoms with Crippen molar-refractivity contribution in [2.75, 3.05) is 59.9 Å². The van der Waals surface area contributed by atoms with E-state index in [9.17, 15) is 52.8 Å². The largest absolute Gasteiger partial charge is 0.455 e. The Morgan fingerprint density at radius 3 is 1.02 bits per heavy atom. The zero-order chi connectivity index (χ0) is 88.4. The molecule has 4 N–H and O–H groups in total. The molecule has 12 aromatic carbocycles. The molecule has 19 nitrogen and oxygen atoms in total. The lowest BCUT2D eigenvalue weighted by Gasteiger charge is -2.21. The molecule has 126 heavy (non-hydrogen) atoms. The average molecular weight is 1790 g/mol. The second-order valence-corrected chi connectivity index (χ2v) is 36.9. The van der Waals surface area contributed by atoms with Crippen LogP contribution in [0.2, 0.25) is 10.0 Å². The number of benzene rings is 12. The van der Waals surface area contributed by atoms with Gasteiger partial charge in [-0.15, -0.1) is 0 Å². The van der Waals surface area contributed by atoms with E-state index >= 15 is 0 Å². The van der Waals surface area contributed by atoms with E-state index in [1.54, 1.807) is 74.5 Å². The number of aromatic amines is 3. The summed E-state index contributed by atoms with van der Waals surface area (Å²) in [5, 5.41) is 8.28. The Balaban J connectivity index is 0.000000145. The van der Waals surface area contributed by atoms with Crippen LogP contribution in [0, 0.1) is 17.5 Å². The third-order valence-electron chi connectivity index (χ3n) is 22.1. The lowest BCUT2D eigenvalue weighted by molar-refractivity contribution is 0.0961. The van der Waals surface area contributed by atoms with Crippen LogP contribution in [0.4, 0.5) is 30.2 Å². The third kappa shape index (κ3) is 16.9. The molecule has 0 atom stereocenters. The molecule has 0 fully saturated rings. The summed E-state index contributed by atoms with van der Waals surface area (Å²) in [5.41, 5.74) is 16.4. The SMILES string of the molecule is C.CCC(=O)c1c(-c2ccc(F)cc2)oc2cc(N(C)S(C)(=O)=O)c(-c3cccc(-c4[nH]c5ccccc5c4Cl)c3)cc12.CCC(=O)c1c(-c2ccc(F)cc2)oc2cc(N(C)S(C)(=O)=O)c(-c3cccc(-c4[nH]c5ccccc5c4Cl)c3)cc12.CNC(=O)c1c(-c2ccc(F)cc2)oc2cc(N(C)S(C)(=O)=O)c(-c3cccc(-c4cc5ccccc5[nH]4)c3)cc12. The van der Waals surface area contributed by atoms with Crippen LogP contribution in [0.5, 0.6) is 0 Å². The molecule has 0 radical (unpaired) electrons. The fourth-order valence-corrected chi connectivity index (χ4v) is 17.6. The molecule has 18 aromatic rings. The average Bonchev–Trinajstić information content (AvgIpc) is 1.58. The maximum Gasteiger partial charge on any atom is 0.255 e.